The first-order valence-electron chi connectivity index (χ1n) is 2.73. The maximum absolute atomic E-state index is 12.8. The molecule has 0 aromatic heterocycles. The molecular weight excluding hydrogens is 218 g/mol. The second-order valence-corrected chi connectivity index (χ2v) is 3.22. The summed E-state index contributed by atoms with van der Waals surface area (Å²) in [6.45, 7) is 1.76. The SMILES string of the molecule is Cc1ccc(Br)c(F)c1Cl. The van der Waals surface area contributed by atoms with Gasteiger partial charge in [-0.2, -0.15) is 0 Å². The summed E-state index contributed by atoms with van der Waals surface area (Å²) in [5.74, 6) is -0.387. The molecule has 0 amide bonds. The van der Waals surface area contributed by atoms with E-state index in [1.165, 1.54) is 0 Å². The minimum Gasteiger partial charge on any atom is -0.204 e. The van der Waals surface area contributed by atoms with E-state index in [0.717, 1.165) is 5.56 Å². The maximum Gasteiger partial charge on any atom is 0.156 e. The van der Waals surface area contributed by atoms with Gasteiger partial charge in [-0.05, 0) is 34.5 Å². The van der Waals surface area contributed by atoms with Crippen molar-refractivity contribution in [2.24, 2.45) is 0 Å². The quantitative estimate of drug-likeness (QED) is 0.590. The molecule has 0 heterocycles. The van der Waals surface area contributed by atoms with Gasteiger partial charge in [0.1, 0.15) is 0 Å². The molecule has 0 aliphatic carbocycles. The Labute approximate surface area is 72.1 Å². The fourth-order valence-corrected chi connectivity index (χ4v) is 1.23. The summed E-state index contributed by atoms with van der Waals surface area (Å²) in [4.78, 5) is 0. The highest BCUT2D eigenvalue weighted by Gasteiger charge is 2.05. The molecule has 1 aromatic carbocycles. The van der Waals surface area contributed by atoms with Crippen molar-refractivity contribution in [1.29, 1.82) is 0 Å². The minimum atomic E-state index is -0.387. The van der Waals surface area contributed by atoms with Crippen LogP contribution in [0.4, 0.5) is 4.39 Å². The lowest BCUT2D eigenvalue weighted by Crippen LogP contribution is -1.82. The lowest BCUT2D eigenvalue weighted by atomic mass is 10.2. The van der Waals surface area contributed by atoms with Crippen molar-refractivity contribution in [1.82, 2.24) is 0 Å². The minimum absolute atomic E-state index is 0.189. The maximum atomic E-state index is 12.8. The van der Waals surface area contributed by atoms with E-state index >= 15 is 0 Å². The molecular formula is C7H5BrClF. The van der Waals surface area contributed by atoms with Crippen molar-refractivity contribution < 1.29 is 4.39 Å². The van der Waals surface area contributed by atoms with Crippen LogP contribution in [0.15, 0.2) is 16.6 Å². The van der Waals surface area contributed by atoms with Crippen LogP contribution in [0.25, 0.3) is 0 Å². The molecule has 1 aromatic rings. The monoisotopic (exact) mass is 222 g/mol. The molecule has 0 aliphatic rings. The third-order valence-corrected chi connectivity index (χ3v) is 2.30. The van der Waals surface area contributed by atoms with Crippen molar-refractivity contribution >= 4 is 27.5 Å². The van der Waals surface area contributed by atoms with Gasteiger partial charge in [-0.1, -0.05) is 17.7 Å². The number of aryl methyl sites for hydroxylation is 1. The lowest BCUT2D eigenvalue weighted by molar-refractivity contribution is 0.620. The molecule has 0 radical (unpaired) electrons. The Morgan fingerprint density at radius 1 is 1.50 bits per heavy atom. The molecule has 0 N–H and O–H groups in total. The first-order chi connectivity index (χ1) is 4.63. The summed E-state index contributed by atoms with van der Waals surface area (Å²) in [5.41, 5.74) is 0.752. The Hall–Kier alpha value is -0.0800. The van der Waals surface area contributed by atoms with Crippen LogP contribution in [0.1, 0.15) is 5.56 Å². The third kappa shape index (κ3) is 1.32. The van der Waals surface area contributed by atoms with Gasteiger partial charge in [0.15, 0.2) is 5.82 Å². The summed E-state index contributed by atoms with van der Waals surface area (Å²) < 4.78 is 13.2. The van der Waals surface area contributed by atoms with Gasteiger partial charge in [-0.3, -0.25) is 0 Å². The Balaban J connectivity index is 3.34. The van der Waals surface area contributed by atoms with Crippen molar-refractivity contribution in [2.45, 2.75) is 6.92 Å². The van der Waals surface area contributed by atoms with Gasteiger partial charge in [-0.25, -0.2) is 4.39 Å². The van der Waals surface area contributed by atoms with Gasteiger partial charge in [0.05, 0.1) is 9.50 Å². The molecule has 0 unspecified atom stereocenters. The molecule has 10 heavy (non-hydrogen) atoms. The average molecular weight is 223 g/mol. The standard InChI is InChI=1S/C7H5BrClF/c1-4-2-3-5(8)7(10)6(4)9/h2-3H,1H3. The number of rotatable bonds is 0. The van der Waals surface area contributed by atoms with Crippen molar-refractivity contribution in [3.8, 4) is 0 Å². The van der Waals surface area contributed by atoms with Crippen LogP contribution in [0.5, 0.6) is 0 Å². The summed E-state index contributed by atoms with van der Waals surface area (Å²) in [6.07, 6.45) is 0. The van der Waals surface area contributed by atoms with E-state index < -0.39 is 0 Å². The number of hydrogen-bond donors (Lipinski definition) is 0. The molecule has 0 spiro atoms. The summed E-state index contributed by atoms with van der Waals surface area (Å²) in [5, 5.41) is 0.189. The average Bonchev–Trinajstić information content (AvgIpc) is 1.93. The van der Waals surface area contributed by atoms with Crippen LogP contribution >= 0.6 is 27.5 Å². The predicted octanol–water partition coefficient (Wildman–Crippen LogP) is 3.55. The zero-order valence-electron chi connectivity index (χ0n) is 5.29. The molecule has 0 atom stereocenters. The van der Waals surface area contributed by atoms with Gasteiger partial charge in [0, 0.05) is 0 Å². The molecule has 0 saturated heterocycles. The smallest absolute Gasteiger partial charge is 0.156 e. The summed E-state index contributed by atoms with van der Waals surface area (Å²) in [7, 11) is 0. The van der Waals surface area contributed by atoms with Crippen molar-refractivity contribution in [2.75, 3.05) is 0 Å². The Morgan fingerprint density at radius 2 is 2.10 bits per heavy atom. The zero-order valence-corrected chi connectivity index (χ0v) is 7.63. The molecule has 0 aliphatic heterocycles. The first kappa shape index (κ1) is 8.02. The number of benzene rings is 1. The lowest BCUT2D eigenvalue weighted by Gasteiger charge is -1.99. The molecule has 54 valence electrons. The highest BCUT2D eigenvalue weighted by atomic mass is 79.9. The normalized spacial score (nSPS) is 10.0. The zero-order chi connectivity index (χ0) is 7.72. The second kappa shape index (κ2) is 2.89. The Morgan fingerprint density at radius 3 is 2.60 bits per heavy atom. The first-order valence-corrected chi connectivity index (χ1v) is 3.90. The Kier molecular flexibility index (Phi) is 2.32. The van der Waals surface area contributed by atoms with E-state index in [1.54, 1.807) is 19.1 Å². The Bertz CT molecular complexity index is 233. The number of hydrogen-bond acceptors (Lipinski definition) is 0. The highest BCUT2D eigenvalue weighted by molar-refractivity contribution is 9.10. The van der Waals surface area contributed by atoms with E-state index in [4.69, 9.17) is 11.6 Å². The molecule has 0 saturated carbocycles. The molecule has 0 nitrogen and oxygen atoms in total. The van der Waals surface area contributed by atoms with Crippen LogP contribution in [0.2, 0.25) is 5.02 Å². The van der Waals surface area contributed by atoms with Gasteiger partial charge >= 0.3 is 0 Å². The van der Waals surface area contributed by atoms with Crippen LogP contribution < -0.4 is 0 Å². The van der Waals surface area contributed by atoms with Crippen molar-refractivity contribution in [3.05, 3.63) is 33.0 Å². The summed E-state index contributed by atoms with van der Waals surface area (Å²) >= 11 is 8.60. The molecule has 0 bridgehead atoms. The van der Waals surface area contributed by atoms with E-state index in [1.807, 2.05) is 0 Å². The number of halogens is 3. The van der Waals surface area contributed by atoms with E-state index in [2.05, 4.69) is 15.9 Å². The van der Waals surface area contributed by atoms with Gasteiger partial charge in [0.25, 0.3) is 0 Å². The third-order valence-electron chi connectivity index (χ3n) is 1.23. The fraction of sp³-hybridized carbons (Fsp3) is 0.143. The molecule has 1 rings (SSSR count). The van der Waals surface area contributed by atoms with E-state index in [0.29, 0.717) is 4.47 Å². The van der Waals surface area contributed by atoms with E-state index in [9.17, 15) is 4.39 Å². The van der Waals surface area contributed by atoms with E-state index in [-0.39, 0.29) is 10.8 Å². The van der Waals surface area contributed by atoms with Gasteiger partial charge < -0.3 is 0 Å². The van der Waals surface area contributed by atoms with Gasteiger partial charge in [-0.15, -0.1) is 0 Å². The topological polar surface area (TPSA) is 0 Å². The molecule has 0 fully saturated rings. The second-order valence-electron chi connectivity index (χ2n) is 1.99. The fourth-order valence-electron chi connectivity index (χ4n) is 0.622. The summed E-state index contributed by atoms with van der Waals surface area (Å²) in [6, 6.07) is 3.39. The highest BCUT2D eigenvalue weighted by Crippen LogP contribution is 2.25. The van der Waals surface area contributed by atoms with Crippen LogP contribution in [0, 0.1) is 12.7 Å². The molecule has 3 heteroatoms. The predicted molar refractivity (Wildman–Crippen MR) is 43.8 cm³/mol. The van der Waals surface area contributed by atoms with Gasteiger partial charge in [0.2, 0.25) is 0 Å². The van der Waals surface area contributed by atoms with Crippen LogP contribution in [-0.4, -0.2) is 0 Å². The van der Waals surface area contributed by atoms with Crippen LogP contribution in [-0.2, 0) is 0 Å². The largest absolute Gasteiger partial charge is 0.204 e. The van der Waals surface area contributed by atoms with Crippen LogP contribution in [0.3, 0.4) is 0 Å². The van der Waals surface area contributed by atoms with Crippen molar-refractivity contribution in [3.63, 3.8) is 0 Å².